The van der Waals surface area contributed by atoms with E-state index in [2.05, 4.69) is 52.5 Å². The minimum atomic E-state index is -1.53. The molecule has 0 saturated carbocycles. The van der Waals surface area contributed by atoms with Gasteiger partial charge in [-0.25, -0.2) is 4.79 Å². The first-order chi connectivity index (χ1) is 37.6. The van der Waals surface area contributed by atoms with Gasteiger partial charge in [0.25, 0.3) is 0 Å². The van der Waals surface area contributed by atoms with E-state index in [-0.39, 0.29) is 62.6 Å². The number of H-pyrrole nitrogens is 2. The number of nitrogens with zero attached hydrogens (tertiary/aromatic N) is 1. The van der Waals surface area contributed by atoms with E-state index in [1.54, 1.807) is 18.5 Å². The van der Waals surface area contributed by atoms with Crippen LogP contribution in [-0.2, 0) is 67.2 Å². The fourth-order valence-corrected chi connectivity index (χ4v) is 10.2. The van der Waals surface area contributed by atoms with Gasteiger partial charge < -0.3 is 57.6 Å². The zero-order chi connectivity index (χ0) is 56.0. The molecule has 0 bridgehead atoms. The maximum atomic E-state index is 14.6. The summed E-state index contributed by atoms with van der Waals surface area (Å²) < 4.78 is 0. The number of imide groups is 1. The van der Waals surface area contributed by atoms with Gasteiger partial charge in [-0.1, -0.05) is 86.0 Å². The standard InChI is InChI=1S/C55H69N11O11S/c1-56-23-14-5-3-4-9-21-47(68)62-41(25-34-15-7-6-8-16-34)51(72)60-31-48(69)63-43(27-36-30-59-40-20-13-11-18-38(36)40)53(74)65-42(26-35-29-58-39-19-12-10-17-37(35)39)52(73)61-32-49(70)64-44(55(76)77)33-78-45-28-50(71)66(54(45)75)24-22-46(67)57-2/h6-8,10-13,15-20,29-30,41-45,56,58-59H,3-5,9,14,21-28,31-33H2,1-2H3,(H,57,67)(H,60,72)(H,61,73)(H,62,68)(H,63,69)(H,64,70)(H,65,74)(H,76,77). The molecule has 416 valence electrons. The minimum absolute atomic E-state index is 0.0647. The van der Waals surface area contributed by atoms with Gasteiger partial charge in [0, 0.05) is 92.1 Å². The van der Waals surface area contributed by atoms with E-state index >= 15 is 0 Å². The molecule has 11 N–H and O–H groups in total. The van der Waals surface area contributed by atoms with E-state index in [4.69, 9.17) is 0 Å². The van der Waals surface area contributed by atoms with E-state index in [0.29, 0.717) is 17.5 Å². The second-order valence-corrected chi connectivity index (χ2v) is 20.2. The Morgan fingerprint density at radius 3 is 1.72 bits per heavy atom. The average Bonchev–Trinajstić information content (AvgIpc) is 4.12. The number of aliphatic carboxylic acids is 1. The second kappa shape index (κ2) is 30.0. The number of aromatic nitrogens is 2. The van der Waals surface area contributed by atoms with Crippen LogP contribution in [0.15, 0.2) is 91.3 Å². The molecule has 5 aromatic rings. The van der Waals surface area contributed by atoms with Crippen molar-refractivity contribution in [3.63, 3.8) is 0 Å². The Morgan fingerprint density at radius 1 is 0.603 bits per heavy atom. The summed E-state index contributed by atoms with van der Waals surface area (Å²) in [6.07, 6.45) is 7.87. The van der Waals surface area contributed by atoms with Gasteiger partial charge in [-0.3, -0.25) is 48.1 Å². The number of fused-ring (bicyclic) bond motifs is 2. The molecule has 1 aliphatic heterocycles. The van der Waals surface area contributed by atoms with Gasteiger partial charge in [0.15, 0.2) is 0 Å². The van der Waals surface area contributed by atoms with E-state index in [9.17, 15) is 53.1 Å². The molecule has 3 aromatic carbocycles. The quantitative estimate of drug-likeness (QED) is 0.0215. The molecule has 3 heterocycles. The first kappa shape index (κ1) is 59.2. The van der Waals surface area contributed by atoms with Crippen LogP contribution < -0.4 is 42.5 Å². The number of hydrogen-bond donors (Lipinski definition) is 11. The molecule has 22 nitrogen and oxygen atoms in total. The molecule has 5 unspecified atom stereocenters. The molecule has 0 spiro atoms. The normalized spacial score (nSPS) is 14.7. The van der Waals surface area contributed by atoms with Crippen LogP contribution in [0.2, 0.25) is 0 Å². The van der Waals surface area contributed by atoms with Crippen LogP contribution >= 0.6 is 11.8 Å². The number of aromatic amines is 2. The molecule has 23 heteroatoms. The summed E-state index contributed by atoms with van der Waals surface area (Å²) in [7, 11) is 3.33. The van der Waals surface area contributed by atoms with Crippen LogP contribution in [-0.4, -0.2) is 155 Å². The Labute approximate surface area is 455 Å². The molecule has 78 heavy (non-hydrogen) atoms. The van der Waals surface area contributed by atoms with Gasteiger partial charge in [0.1, 0.15) is 24.2 Å². The summed E-state index contributed by atoms with van der Waals surface area (Å²) in [6, 6.07) is 18.5. The number of thioether (sulfide) groups is 1. The third-order valence-electron chi connectivity index (χ3n) is 13.2. The largest absolute Gasteiger partial charge is 0.480 e. The topological polar surface area (TPSA) is 322 Å². The highest BCUT2D eigenvalue weighted by Crippen LogP contribution is 2.26. The number of amides is 9. The maximum absolute atomic E-state index is 14.6. The minimum Gasteiger partial charge on any atom is -0.480 e. The lowest BCUT2D eigenvalue weighted by atomic mass is 10.0. The van der Waals surface area contributed by atoms with Crippen molar-refractivity contribution in [1.82, 2.24) is 57.4 Å². The van der Waals surface area contributed by atoms with Crippen molar-refractivity contribution < 1.29 is 53.1 Å². The van der Waals surface area contributed by atoms with Crippen LogP contribution in [0.1, 0.15) is 68.1 Å². The van der Waals surface area contributed by atoms with Crippen LogP contribution in [0, 0.1) is 0 Å². The molecular weight excluding hydrogens is 1020 g/mol. The predicted octanol–water partition coefficient (Wildman–Crippen LogP) is 1.49. The molecule has 9 amide bonds. The summed E-state index contributed by atoms with van der Waals surface area (Å²) in [5.74, 6) is -7.35. The Bertz CT molecular complexity index is 2910. The lowest BCUT2D eigenvalue weighted by molar-refractivity contribution is -0.141. The monoisotopic (exact) mass is 1090 g/mol. The number of carbonyl (C=O) groups excluding carboxylic acids is 9. The third kappa shape index (κ3) is 17.8. The summed E-state index contributed by atoms with van der Waals surface area (Å²) in [4.78, 5) is 140. The first-order valence-corrected chi connectivity index (χ1v) is 27.1. The maximum Gasteiger partial charge on any atom is 0.327 e. The number of para-hydroxylation sites is 2. The van der Waals surface area contributed by atoms with Gasteiger partial charge in [0.2, 0.25) is 53.2 Å². The van der Waals surface area contributed by atoms with Gasteiger partial charge >= 0.3 is 5.97 Å². The number of carboxylic acid groups (broad SMARTS) is 1. The number of benzene rings is 3. The molecule has 6 rings (SSSR count). The smallest absolute Gasteiger partial charge is 0.327 e. The summed E-state index contributed by atoms with van der Waals surface area (Å²) in [6.45, 7) is -0.498. The summed E-state index contributed by atoms with van der Waals surface area (Å²) in [5.41, 5.74) is 3.58. The molecule has 1 saturated heterocycles. The van der Waals surface area contributed by atoms with Crippen LogP contribution in [0.4, 0.5) is 0 Å². The lowest BCUT2D eigenvalue weighted by Crippen LogP contribution is -2.57. The average molecular weight is 1090 g/mol. The van der Waals surface area contributed by atoms with Gasteiger partial charge in [-0.05, 0) is 55.3 Å². The predicted molar refractivity (Wildman–Crippen MR) is 293 cm³/mol. The van der Waals surface area contributed by atoms with Crippen molar-refractivity contribution in [2.75, 3.05) is 46.0 Å². The lowest BCUT2D eigenvalue weighted by Gasteiger charge is -2.24. The molecule has 1 aliphatic rings. The highest BCUT2D eigenvalue weighted by atomic mass is 32.2. The van der Waals surface area contributed by atoms with Crippen LogP contribution in [0.5, 0.6) is 0 Å². The van der Waals surface area contributed by atoms with Gasteiger partial charge in [0.05, 0.1) is 18.3 Å². The van der Waals surface area contributed by atoms with Crippen molar-refractivity contribution in [3.8, 4) is 0 Å². The molecule has 2 aromatic heterocycles. The summed E-state index contributed by atoms with van der Waals surface area (Å²) in [5, 5.41) is 31.9. The Kier molecular flexibility index (Phi) is 22.8. The van der Waals surface area contributed by atoms with Crippen LogP contribution in [0.25, 0.3) is 21.8 Å². The number of rotatable bonds is 32. The number of carbonyl (C=O) groups is 10. The number of unbranched alkanes of at least 4 members (excludes halogenated alkanes) is 4. The van der Waals surface area contributed by atoms with E-state index in [1.165, 1.54) is 7.05 Å². The van der Waals surface area contributed by atoms with Gasteiger partial charge in [-0.2, -0.15) is 0 Å². The van der Waals surface area contributed by atoms with E-state index < -0.39 is 89.8 Å². The van der Waals surface area contributed by atoms with Gasteiger partial charge in [-0.15, -0.1) is 11.8 Å². The van der Waals surface area contributed by atoms with E-state index in [1.807, 2.05) is 79.8 Å². The molecule has 1 fully saturated rings. The number of carboxylic acids is 1. The Hall–Kier alpha value is -8.05. The van der Waals surface area contributed by atoms with Crippen LogP contribution in [0.3, 0.4) is 0 Å². The molecule has 0 radical (unpaired) electrons. The van der Waals surface area contributed by atoms with Crippen molar-refractivity contribution in [2.45, 2.75) is 100 Å². The van der Waals surface area contributed by atoms with Crippen molar-refractivity contribution in [3.05, 3.63) is 108 Å². The Morgan fingerprint density at radius 2 is 1.13 bits per heavy atom. The SMILES string of the molecule is CNCCCCCCCC(=O)NC(Cc1ccccc1)C(=O)NCC(=O)NC(Cc1c[nH]c2ccccc12)C(=O)NC(Cc1c[nH]c2ccccc12)C(=O)NCC(=O)NC(CSC1CC(=O)N(CCC(=O)NC)C1=O)C(=O)O. The molecule has 0 aliphatic carbocycles. The van der Waals surface area contributed by atoms with E-state index in [0.717, 1.165) is 76.3 Å². The summed E-state index contributed by atoms with van der Waals surface area (Å²) >= 11 is 0.863. The number of nitrogens with one attached hydrogen (secondary N) is 10. The van der Waals surface area contributed by atoms with Crippen molar-refractivity contribution in [2.24, 2.45) is 0 Å². The second-order valence-electron chi connectivity index (χ2n) is 19.0. The first-order valence-electron chi connectivity index (χ1n) is 26.1. The zero-order valence-corrected chi connectivity index (χ0v) is 44.6. The highest BCUT2D eigenvalue weighted by molar-refractivity contribution is 8.00. The third-order valence-corrected chi connectivity index (χ3v) is 14.5. The zero-order valence-electron chi connectivity index (χ0n) is 43.7. The van der Waals surface area contributed by atoms with Crippen molar-refractivity contribution in [1.29, 1.82) is 0 Å². The van der Waals surface area contributed by atoms with Crippen molar-refractivity contribution >= 4 is 92.7 Å². The fourth-order valence-electron chi connectivity index (χ4n) is 8.99. The number of likely N-dealkylation sites (tertiary alicyclic amines) is 1. The fraction of sp³-hybridized carbons (Fsp3) is 0.418. The molecule has 5 atom stereocenters. The molecular formula is C55H69N11O11S. The highest BCUT2D eigenvalue weighted by Gasteiger charge is 2.40. The Balaban J connectivity index is 1.13. The number of hydrogen-bond acceptors (Lipinski definition) is 12.